The van der Waals surface area contributed by atoms with Gasteiger partial charge in [0, 0.05) is 12.5 Å². The first-order valence-electron chi connectivity index (χ1n) is 8.61. The first-order valence-corrected chi connectivity index (χ1v) is 8.61. The summed E-state index contributed by atoms with van der Waals surface area (Å²) in [5, 5.41) is 16.0. The highest BCUT2D eigenvalue weighted by atomic mass is 19.1. The van der Waals surface area contributed by atoms with Gasteiger partial charge in [0.05, 0.1) is 11.4 Å². The van der Waals surface area contributed by atoms with Gasteiger partial charge in [-0.1, -0.05) is 19.1 Å². The lowest BCUT2D eigenvalue weighted by Crippen LogP contribution is -2.09. The molecular formula is C19H20FN5O2. The van der Waals surface area contributed by atoms with E-state index in [0.29, 0.717) is 35.1 Å². The van der Waals surface area contributed by atoms with Crippen LogP contribution in [0.25, 0.3) is 5.69 Å². The Morgan fingerprint density at radius 3 is 2.48 bits per heavy atom. The van der Waals surface area contributed by atoms with Crippen molar-refractivity contribution in [3.05, 3.63) is 59.3 Å². The van der Waals surface area contributed by atoms with Gasteiger partial charge in [0.1, 0.15) is 23.8 Å². The fourth-order valence-electron chi connectivity index (χ4n) is 2.50. The van der Waals surface area contributed by atoms with Crippen molar-refractivity contribution in [1.82, 2.24) is 25.2 Å². The van der Waals surface area contributed by atoms with Crippen molar-refractivity contribution in [2.24, 2.45) is 5.92 Å². The summed E-state index contributed by atoms with van der Waals surface area (Å²) < 4.78 is 20.4. The number of halogens is 1. The molecule has 0 aliphatic carbocycles. The molecule has 27 heavy (non-hydrogen) atoms. The van der Waals surface area contributed by atoms with Crippen molar-refractivity contribution in [3.63, 3.8) is 0 Å². The monoisotopic (exact) mass is 369 g/mol. The topological polar surface area (TPSA) is 82.8 Å². The third-order valence-corrected chi connectivity index (χ3v) is 3.90. The van der Waals surface area contributed by atoms with Gasteiger partial charge < -0.3 is 4.74 Å². The Hall–Kier alpha value is -3.16. The maximum absolute atomic E-state index is 13.1. The number of carbonyl (C=O) groups is 1. The number of hydrogen-bond acceptors (Lipinski definition) is 6. The molecule has 0 bridgehead atoms. The van der Waals surface area contributed by atoms with Crippen LogP contribution >= 0.6 is 0 Å². The minimum atomic E-state index is -0.323. The molecule has 0 aliphatic heterocycles. The maximum atomic E-state index is 13.1. The highest BCUT2D eigenvalue weighted by Gasteiger charge is 2.14. The van der Waals surface area contributed by atoms with Crippen LogP contribution in [0.2, 0.25) is 0 Å². The second kappa shape index (κ2) is 8.03. The molecule has 0 saturated heterocycles. The summed E-state index contributed by atoms with van der Waals surface area (Å²) in [6.45, 7) is 5.92. The summed E-state index contributed by atoms with van der Waals surface area (Å²) in [6, 6.07) is 9.16. The first kappa shape index (κ1) is 18.6. The van der Waals surface area contributed by atoms with Crippen molar-refractivity contribution in [2.75, 3.05) is 0 Å². The van der Waals surface area contributed by atoms with E-state index < -0.39 is 0 Å². The fourth-order valence-corrected chi connectivity index (χ4v) is 2.50. The molecule has 7 nitrogen and oxygen atoms in total. The van der Waals surface area contributed by atoms with Crippen LogP contribution in [0, 0.1) is 18.7 Å². The molecule has 1 aromatic carbocycles. The Bertz CT molecular complexity index is 920. The van der Waals surface area contributed by atoms with Gasteiger partial charge in [-0.25, -0.2) is 9.07 Å². The summed E-state index contributed by atoms with van der Waals surface area (Å²) in [7, 11) is 0. The van der Waals surface area contributed by atoms with E-state index in [0.717, 1.165) is 0 Å². The second-order valence-corrected chi connectivity index (χ2v) is 6.58. The molecule has 0 aliphatic rings. The molecule has 0 fully saturated rings. The van der Waals surface area contributed by atoms with Gasteiger partial charge in [-0.05, 0) is 43.2 Å². The molecule has 8 heteroatoms. The predicted molar refractivity (Wildman–Crippen MR) is 96.2 cm³/mol. The van der Waals surface area contributed by atoms with Crippen LogP contribution < -0.4 is 4.74 Å². The van der Waals surface area contributed by atoms with E-state index in [2.05, 4.69) is 20.5 Å². The smallest absolute Gasteiger partial charge is 0.233 e. The van der Waals surface area contributed by atoms with Gasteiger partial charge in [-0.2, -0.15) is 0 Å². The summed E-state index contributed by atoms with van der Waals surface area (Å²) in [4.78, 5) is 12.0. The molecule has 2 aromatic heterocycles. The van der Waals surface area contributed by atoms with Crippen LogP contribution in [0.15, 0.2) is 36.4 Å². The van der Waals surface area contributed by atoms with Gasteiger partial charge in [-0.3, -0.25) is 4.79 Å². The molecule has 140 valence electrons. The molecule has 0 radical (unpaired) electrons. The number of aromatic nitrogens is 5. The molecule has 0 unspecified atom stereocenters. The maximum Gasteiger partial charge on any atom is 0.233 e. The van der Waals surface area contributed by atoms with E-state index in [1.165, 1.54) is 12.1 Å². The zero-order valence-corrected chi connectivity index (χ0v) is 15.4. The third kappa shape index (κ3) is 4.52. The average molecular weight is 369 g/mol. The number of rotatable bonds is 7. The van der Waals surface area contributed by atoms with E-state index in [9.17, 15) is 9.18 Å². The summed E-state index contributed by atoms with van der Waals surface area (Å²) in [5.74, 6) is 0.189. The number of Topliss-reactive ketones (excluding diaryl/α,β-unsaturated/α-hetero) is 1. The minimum absolute atomic E-state index is 0.0431. The van der Waals surface area contributed by atoms with Crippen LogP contribution in [0.4, 0.5) is 4.39 Å². The lowest BCUT2D eigenvalue weighted by Gasteiger charge is -2.09. The van der Waals surface area contributed by atoms with Gasteiger partial charge >= 0.3 is 0 Å². The molecular weight excluding hydrogens is 349 g/mol. The largest absolute Gasteiger partial charge is 0.470 e. The summed E-state index contributed by atoms with van der Waals surface area (Å²) >= 11 is 0. The number of ketones is 1. The molecule has 0 amide bonds. The Morgan fingerprint density at radius 2 is 1.85 bits per heavy atom. The van der Waals surface area contributed by atoms with Crippen LogP contribution in [0.5, 0.6) is 5.88 Å². The minimum Gasteiger partial charge on any atom is -0.470 e. The summed E-state index contributed by atoms with van der Waals surface area (Å²) in [5.41, 5.74) is 2.40. The Morgan fingerprint density at radius 1 is 1.11 bits per heavy atom. The van der Waals surface area contributed by atoms with E-state index in [1.807, 2.05) is 20.8 Å². The molecule has 0 saturated carbocycles. The van der Waals surface area contributed by atoms with E-state index >= 15 is 0 Å². The number of carbonyl (C=O) groups excluding carboxylic acids is 1. The molecule has 0 N–H and O–H groups in total. The average Bonchev–Trinajstić information content (AvgIpc) is 3.01. The summed E-state index contributed by atoms with van der Waals surface area (Å²) in [6.07, 6.45) is 0.427. The molecule has 2 heterocycles. The normalized spacial score (nSPS) is 11.0. The van der Waals surface area contributed by atoms with Crippen LogP contribution in [-0.4, -0.2) is 31.0 Å². The van der Waals surface area contributed by atoms with E-state index in [4.69, 9.17) is 4.74 Å². The quantitative estimate of drug-likeness (QED) is 0.594. The SMILES string of the molecule is Cc1nnn(-c2ccc(F)cc2)c1COc1ccc(C(=O)CC(C)C)nn1. The second-order valence-electron chi connectivity index (χ2n) is 6.58. The fraction of sp³-hybridized carbons (Fsp3) is 0.316. The van der Waals surface area contributed by atoms with Crippen LogP contribution in [-0.2, 0) is 6.61 Å². The van der Waals surface area contributed by atoms with Crippen molar-refractivity contribution < 1.29 is 13.9 Å². The standard InChI is InChI=1S/C19H20FN5O2/c1-12(2)10-18(26)16-8-9-19(23-22-16)27-11-17-13(3)21-24-25(17)15-6-4-14(20)5-7-15/h4-9,12H,10-11H2,1-3H3. The molecule has 3 aromatic rings. The Labute approximate surface area is 156 Å². The van der Waals surface area contributed by atoms with Crippen LogP contribution in [0.1, 0.15) is 42.1 Å². The van der Waals surface area contributed by atoms with Crippen molar-refractivity contribution in [3.8, 4) is 11.6 Å². The number of benzene rings is 1. The van der Waals surface area contributed by atoms with Crippen molar-refractivity contribution >= 4 is 5.78 Å². The highest BCUT2D eigenvalue weighted by molar-refractivity contribution is 5.94. The van der Waals surface area contributed by atoms with E-state index in [-0.39, 0.29) is 24.1 Å². The lowest BCUT2D eigenvalue weighted by molar-refractivity contribution is 0.0961. The van der Waals surface area contributed by atoms with Gasteiger partial charge in [-0.15, -0.1) is 15.3 Å². The highest BCUT2D eigenvalue weighted by Crippen LogP contribution is 2.16. The Balaban J connectivity index is 1.71. The van der Waals surface area contributed by atoms with Crippen molar-refractivity contribution in [1.29, 1.82) is 0 Å². The number of ether oxygens (including phenoxy) is 1. The van der Waals surface area contributed by atoms with Crippen molar-refractivity contribution in [2.45, 2.75) is 33.8 Å². The zero-order valence-electron chi connectivity index (χ0n) is 15.4. The van der Waals surface area contributed by atoms with Crippen LogP contribution in [0.3, 0.4) is 0 Å². The van der Waals surface area contributed by atoms with Gasteiger partial charge in [0.15, 0.2) is 5.78 Å². The number of aryl methyl sites for hydroxylation is 1. The number of hydrogen-bond donors (Lipinski definition) is 0. The number of nitrogens with zero attached hydrogens (tertiary/aromatic N) is 5. The molecule has 0 spiro atoms. The zero-order chi connectivity index (χ0) is 19.4. The molecule has 3 rings (SSSR count). The van der Waals surface area contributed by atoms with Gasteiger partial charge in [0.2, 0.25) is 5.88 Å². The molecule has 0 atom stereocenters. The van der Waals surface area contributed by atoms with Gasteiger partial charge in [0.25, 0.3) is 0 Å². The Kier molecular flexibility index (Phi) is 5.54. The predicted octanol–water partition coefficient (Wildman–Crippen LogP) is 3.31. The van der Waals surface area contributed by atoms with E-state index in [1.54, 1.807) is 28.9 Å². The third-order valence-electron chi connectivity index (χ3n) is 3.90. The lowest BCUT2D eigenvalue weighted by atomic mass is 10.1. The first-order chi connectivity index (χ1) is 12.9.